The third-order valence-electron chi connectivity index (χ3n) is 3.45. The average molecular weight is 308 g/mol. The van der Waals surface area contributed by atoms with Crippen molar-refractivity contribution in [3.05, 3.63) is 87.1 Å². The van der Waals surface area contributed by atoms with Crippen LogP contribution in [0.15, 0.2) is 70.3 Å². The molecule has 0 aliphatic heterocycles. The Labute approximate surface area is 132 Å². The molecule has 23 heavy (non-hydrogen) atoms. The topological polar surface area (TPSA) is 64.1 Å². The minimum atomic E-state index is -0.472. The summed E-state index contributed by atoms with van der Waals surface area (Å²) in [4.78, 5) is 26.0. The van der Waals surface area contributed by atoms with Crippen LogP contribution < -0.4 is 11.2 Å². The number of benzene rings is 2. The number of H-pyrrole nitrogens is 1. The molecule has 1 heterocycles. The number of fused-ring (bicyclic) bond motifs is 1. The Kier molecular flexibility index (Phi) is 4.49. The van der Waals surface area contributed by atoms with Crippen molar-refractivity contribution < 1.29 is 4.74 Å². The van der Waals surface area contributed by atoms with Gasteiger partial charge in [0.05, 0.1) is 17.5 Å². The van der Waals surface area contributed by atoms with Crippen molar-refractivity contribution in [2.45, 2.75) is 6.73 Å². The first-order valence-electron chi connectivity index (χ1n) is 7.27. The van der Waals surface area contributed by atoms with E-state index in [0.29, 0.717) is 17.5 Å². The van der Waals surface area contributed by atoms with Gasteiger partial charge < -0.3 is 4.74 Å². The smallest absolute Gasteiger partial charge is 0.330 e. The summed E-state index contributed by atoms with van der Waals surface area (Å²) in [5.74, 6) is 0. The molecule has 0 bridgehead atoms. The molecule has 0 aliphatic carbocycles. The van der Waals surface area contributed by atoms with Gasteiger partial charge in [-0.05, 0) is 17.7 Å². The van der Waals surface area contributed by atoms with Crippen LogP contribution in [-0.2, 0) is 11.5 Å². The van der Waals surface area contributed by atoms with Crippen molar-refractivity contribution in [3.8, 4) is 0 Å². The SMILES string of the molecule is O=c1[nH]c(=O)n(COC/C=C/c2ccccc2)c2ccccc12. The van der Waals surface area contributed by atoms with E-state index in [9.17, 15) is 9.59 Å². The molecule has 0 atom stereocenters. The lowest BCUT2D eigenvalue weighted by molar-refractivity contribution is 0.100. The van der Waals surface area contributed by atoms with Gasteiger partial charge in [0.1, 0.15) is 6.73 Å². The normalized spacial score (nSPS) is 11.3. The van der Waals surface area contributed by atoms with Crippen LogP contribution in [0.4, 0.5) is 0 Å². The summed E-state index contributed by atoms with van der Waals surface area (Å²) in [5, 5.41) is 0.468. The predicted molar refractivity (Wildman–Crippen MR) is 90.3 cm³/mol. The number of rotatable bonds is 5. The van der Waals surface area contributed by atoms with Crippen molar-refractivity contribution in [2.75, 3.05) is 6.61 Å². The molecule has 0 saturated carbocycles. The number of aromatic nitrogens is 2. The van der Waals surface area contributed by atoms with Crippen LogP contribution in [0.5, 0.6) is 0 Å². The largest absolute Gasteiger partial charge is 0.357 e. The zero-order valence-electron chi connectivity index (χ0n) is 12.4. The Bertz CT molecular complexity index is 940. The molecular formula is C18H16N2O3. The van der Waals surface area contributed by atoms with Gasteiger partial charge in [0.15, 0.2) is 0 Å². The summed E-state index contributed by atoms with van der Waals surface area (Å²) in [5.41, 5.74) is 0.794. The molecule has 1 N–H and O–H groups in total. The fourth-order valence-corrected chi connectivity index (χ4v) is 2.33. The molecule has 116 valence electrons. The molecule has 0 aliphatic rings. The molecule has 5 nitrogen and oxygen atoms in total. The van der Waals surface area contributed by atoms with Crippen LogP contribution in [0.3, 0.4) is 0 Å². The minimum absolute atomic E-state index is 0.0786. The Morgan fingerprint density at radius 2 is 1.74 bits per heavy atom. The molecule has 3 aromatic rings. The quantitative estimate of drug-likeness (QED) is 0.736. The van der Waals surface area contributed by atoms with Crippen LogP contribution in [0, 0.1) is 0 Å². The number of hydrogen-bond donors (Lipinski definition) is 1. The second kappa shape index (κ2) is 6.89. The second-order valence-electron chi connectivity index (χ2n) is 5.02. The van der Waals surface area contributed by atoms with Crippen LogP contribution in [-0.4, -0.2) is 16.2 Å². The molecule has 3 rings (SSSR count). The monoisotopic (exact) mass is 308 g/mol. The Hall–Kier alpha value is -2.92. The van der Waals surface area contributed by atoms with E-state index in [1.165, 1.54) is 4.57 Å². The molecule has 0 radical (unpaired) electrons. The van der Waals surface area contributed by atoms with Gasteiger partial charge in [0.2, 0.25) is 0 Å². The van der Waals surface area contributed by atoms with Gasteiger partial charge in [-0.25, -0.2) is 4.79 Å². The lowest BCUT2D eigenvalue weighted by Gasteiger charge is -2.08. The fraction of sp³-hybridized carbons (Fsp3) is 0.111. The first-order chi connectivity index (χ1) is 11.3. The molecule has 0 amide bonds. The molecular weight excluding hydrogens is 292 g/mol. The summed E-state index contributed by atoms with van der Waals surface area (Å²) in [6.45, 7) is 0.448. The molecule has 0 spiro atoms. The van der Waals surface area contributed by atoms with E-state index in [2.05, 4.69) is 4.98 Å². The highest BCUT2D eigenvalue weighted by Gasteiger charge is 2.05. The lowest BCUT2D eigenvalue weighted by Crippen LogP contribution is -2.31. The average Bonchev–Trinajstić information content (AvgIpc) is 2.58. The predicted octanol–water partition coefficient (Wildman–Crippen LogP) is 2.38. The summed E-state index contributed by atoms with van der Waals surface area (Å²) in [6.07, 6.45) is 3.84. The van der Waals surface area contributed by atoms with E-state index in [0.717, 1.165) is 5.56 Å². The Balaban J connectivity index is 1.72. The first-order valence-corrected chi connectivity index (χ1v) is 7.27. The summed E-state index contributed by atoms with van der Waals surface area (Å²) in [6, 6.07) is 16.8. The number of nitrogens with zero attached hydrogens (tertiary/aromatic N) is 1. The lowest BCUT2D eigenvalue weighted by atomic mass is 10.2. The van der Waals surface area contributed by atoms with Crippen molar-refractivity contribution in [3.63, 3.8) is 0 Å². The van der Waals surface area contributed by atoms with E-state index in [4.69, 9.17) is 4.74 Å². The molecule has 2 aromatic carbocycles. The van der Waals surface area contributed by atoms with Crippen LogP contribution in [0.2, 0.25) is 0 Å². The second-order valence-corrected chi connectivity index (χ2v) is 5.02. The van der Waals surface area contributed by atoms with Gasteiger partial charge >= 0.3 is 5.69 Å². The maximum absolute atomic E-state index is 11.9. The van der Waals surface area contributed by atoms with E-state index < -0.39 is 5.69 Å². The van der Waals surface area contributed by atoms with E-state index in [1.54, 1.807) is 24.3 Å². The highest BCUT2D eigenvalue weighted by atomic mass is 16.5. The van der Waals surface area contributed by atoms with Gasteiger partial charge in [-0.1, -0.05) is 54.6 Å². The number of para-hydroxylation sites is 1. The van der Waals surface area contributed by atoms with Gasteiger partial charge in [-0.3, -0.25) is 14.3 Å². The van der Waals surface area contributed by atoms with Crippen molar-refractivity contribution >= 4 is 17.0 Å². The third kappa shape index (κ3) is 3.46. The maximum atomic E-state index is 11.9. The highest BCUT2D eigenvalue weighted by Crippen LogP contribution is 2.06. The van der Waals surface area contributed by atoms with Crippen molar-refractivity contribution in [1.82, 2.24) is 9.55 Å². The first kappa shape index (κ1) is 15.0. The fourth-order valence-electron chi connectivity index (χ4n) is 2.33. The maximum Gasteiger partial charge on any atom is 0.330 e. The Morgan fingerprint density at radius 3 is 2.57 bits per heavy atom. The molecule has 0 unspecified atom stereocenters. The zero-order chi connectivity index (χ0) is 16.1. The highest BCUT2D eigenvalue weighted by molar-refractivity contribution is 5.77. The summed E-state index contributed by atoms with van der Waals surface area (Å²) >= 11 is 0. The van der Waals surface area contributed by atoms with Crippen molar-refractivity contribution in [1.29, 1.82) is 0 Å². The zero-order valence-corrected chi connectivity index (χ0v) is 12.4. The third-order valence-corrected chi connectivity index (χ3v) is 3.45. The molecule has 1 aromatic heterocycles. The standard InChI is InChI=1S/C18H16N2O3/c21-17-15-10-4-5-11-16(15)20(18(22)19-17)13-23-12-6-9-14-7-2-1-3-8-14/h1-11H,12-13H2,(H,19,21,22)/b9-6+. The molecule has 5 heteroatoms. The van der Waals surface area contributed by atoms with Crippen LogP contribution >= 0.6 is 0 Å². The molecule has 0 fully saturated rings. The van der Waals surface area contributed by atoms with Gasteiger partial charge in [0, 0.05) is 0 Å². The van der Waals surface area contributed by atoms with Gasteiger partial charge in [-0.15, -0.1) is 0 Å². The number of aromatic amines is 1. The molecule has 0 saturated heterocycles. The minimum Gasteiger partial charge on any atom is -0.357 e. The van der Waals surface area contributed by atoms with E-state index in [1.807, 2.05) is 42.5 Å². The van der Waals surface area contributed by atoms with Gasteiger partial charge in [0.25, 0.3) is 5.56 Å². The number of nitrogens with one attached hydrogen (secondary N) is 1. The van der Waals surface area contributed by atoms with Crippen LogP contribution in [0.1, 0.15) is 5.56 Å². The summed E-state index contributed by atoms with van der Waals surface area (Å²) in [7, 11) is 0. The van der Waals surface area contributed by atoms with Gasteiger partial charge in [-0.2, -0.15) is 0 Å². The van der Waals surface area contributed by atoms with Crippen molar-refractivity contribution in [2.24, 2.45) is 0 Å². The van der Waals surface area contributed by atoms with E-state index in [-0.39, 0.29) is 12.3 Å². The number of hydrogen-bond acceptors (Lipinski definition) is 3. The van der Waals surface area contributed by atoms with Crippen LogP contribution in [0.25, 0.3) is 17.0 Å². The Morgan fingerprint density at radius 1 is 1.00 bits per heavy atom. The number of ether oxygens (including phenoxy) is 1. The van der Waals surface area contributed by atoms with E-state index >= 15 is 0 Å². The summed E-state index contributed by atoms with van der Waals surface area (Å²) < 4.78 is 6.93.